The van der Waals surface area contributed by atoms with Gasteiger partial charge >= 0.3 is 0 Å². The number of primary amides is 1. The molecule has 0 heterocycles. The number of amides is 2. The predicted molar refractivity (Wildman–Crippen MR) is 70.6 cm³/mol. The van der Waals surface area contributed by atoms with Gasteiger partial charge in [-0.05, 0) is 45.4 Å². The van der Waals surface area contributed by atoms with Gasteiger partial charge in [-0.25, -0.2) is 0 Å². The molecular weight excluding hydrogens is 230 g/mol. The van der Waals surface area contributed by atoms with Gasteiger partial charge in [0.25, 0.3) is 0 Å². The number of rotatable bonds is 6. The summed E-state index contributed by atoms with van der Waals surface area (Å²) < 4.78 is 0. The lowest BCUT2D eigenvalue weighted by molar-refractivity contribution is -0.123. The normalized spacial score (nSPS) is 25.4. The molecule has 0 spiro atoms. The quantitative estimate of drug-likeness (QED) is 0.650. The summed E-state index contributed by atoms with van der Waals surface area (Å²) in [4.78, 5) is 22.7. The molecule has 0 bridgehead atoms. The molecule has 1 aliphatic rings. The highest BCUT2D eigenvalue weighted by Crippen LogP contribution is 2.23. The van der Waals surface area contributed by atoms with Gasteiger partial charge < -0.3 is 16.8 Å². The fraction of sp³-hybridized carbons (Fsp3) is 0.846. The Morgan fingerprint density at radius 2 is 1.89 bits per heavy atom. The molecule has 5 nitrogen and oxygen atoms in total. The monoisotopic (exact) mass is 255 g/mol. The van der Waals surface area contributed by atoms with E-state index < -0.39 is 0 Å². The molecule has 1 atom stereocenters. The first-order valence-corrected chi connectivity index (χ1v) is 6.83. The Kier molecular flexibility index (Phi) is 6.12. The van der Waals surface area contributed by atoms with E-state index in [9.17, 15) is 9.59 Å². The average molecular weight is 255 g/mol. The minimum atomic E-state index is -0.211. The Morgan fingerprint density at radius 1 is 1.28 bits per heavy atom. The number of nitrogens with one attached hydrogen (secondary N) is 1. The van der Waals surface area contributed by atoms with Crippen LogP contribution in [0.2, 0.25) is 0 Å². The highest BCUT2D eigenvalue weighted by molar-refractivity contribution is 5.77. The zero-order valence-electron chi connectivity index (χ0n) is 11.2. The third kappa shape index (κ3) is 5.49. The Hall–Kier alpha value is -1.10. The van der Waals surface area contributed by atoms with Crippen molar-refractivity contribution in [1.29, 1.82) is 0 Å². The number of hydrogen-bond donors (Lipinski definition) is 3. The SMILES string of the molecule is CC(N)CCCC(=O)NC1CCC(C(N)=O)CC1. The third-order valence-electron chi connectivity index (χ3n) is 3.56. The van der Waals surface area contributed by atoms with E-state index in [-0.39, 0.29) is 29.8 Å². The van der Waals surface area contributed by atoms with Crippen LogP contribution in [0.25, 0.3) is 0 Å². The highest BCUT2D eigenvalue weighted by atomic mass is 16.2. The lowest BCUT2D eigenvalue weighted by atomic mass is 9.85. The average Bonchev–Trinajstić information content (AvgIpc) is 2.29. The Bertz CT molecular complexity index is 284. The first kappa shape index (κ1) is 15.0. The zero-order valence-corrected chi connectivity index (χ0v) is 11.2. The molecule has 0 saturated heterocycles. The van der Waals surface area contributed by atoms with E-state index in [0.29, 0.717) is 6.42 Å². The lowest BCUT2D eigenvalue weighted by Crippen LogP contribution is -2.39. The summed E-state index contributed by atoms with van der Waals surface area (Å²) in [5.74, 6) is -0.119. The summed E-state index contributed by atoms with van der Waals surface area (Å²) in [5.41, 5.74) is 10.9. The maximum atomic E-state index is 11.7. The van der Waals surface area contributed by atoms with Crippen molar-refractivity contribution >= 4 is 11.8 Å². The molecule has 1 unspecified atom stereocenters. The largest absolute Gasteiger partial charge is 0.369 e. The van der Waals surface area contributed by atoms with Gasteiger partial charge in [0.15, 0.2) is 0 Å². The second-order valence-corrected chi connectivity index (χ2v) is 5.39. The van der Waals surface area contributed by atoms with Gasteiger partial charge in [-0.1, -0.05) is 0 Å². The maximum Gasteiger partial charge on any atom is 0.220 e. The maximum absolute atomic E-state index is 11.7. The Morgan fingerprint density at radius 3 is 2.39 bits per heavy atom. The van der Waals surface area contributed by atoms with Crippen LogP contribution in [0, 0.1) is 5.92 Å². The van der Waals surface area contributed by atoms with Crippen LogP contribution in [0.4, 0.5) is 0 Å². The molecular formula is C13H25N3O2. The van der Waals surface area contributed by atoms with E-state index in [4.69, 9.17) is 11.5 Å². The van der Waals surface area contributed by atoms with Crippen LogP contribution < -0.4 is 16.8 Å². The van der Waals surface area contributed by atoms with Crippen LogP contribution >= 0.6 is 0 Å². The molecule has 1 saturated carbocycles. The van der Waals surface area contributed by atoms with Crippen molar-refractivity contribution in [2.75, 3.05) is 0 Å². The first-order chi connectivity index (χ1) is 8.49. The third-order valence-corrected chi connectivity index (χ3v) is 3.56. The van der Waals surface area contributed by atoms with Crippen LogP contribution in [-0.2, 0) is 9.59 Å². The van der Waals surface area contributed by atoms with Crippen molar-refractivity contribution < 1.29 is 9.59 Å². The minimum absolute atomic E-state index is 0.00348. The standard InChI is InChI=1S/C13H25N3O2/c1-9(14)3-2-4-12(17)16-11-7-5-10(6-8-11)13(15)18/h9-11H,2-8,14H2,1H3,(H2,15,18)(H,16,17). The Balaban J connectivity index is 2.16. The summed E-state index contributed by atoms with van der Waals surface area (Å²) in [6.07, 6.45) is 5.54. The molecule has 1 aliphatic carbocycles. The fourth-order valence-electron chi connectivity index (χ4n) is 2.41. The van der Waals surface area contributed by atoms with E-state index in [0.717, 1.165) is 38.5 Å². The molecule has 0 radical (unpaired) electrons. The van der Waals surface area contributed by atoms with Gasteiger partial charge in [-0.15, -0.1) is 0 Å². The Labute approximate surface area is 109 Å². The topological polar surface area (TPSA) is 98.2 Å². The molecule has 5 heteroatoms. The molecule has 5 N–H and O–H groups in total. The molecule has 1 fully saturated rings. The van der Waals surface area contributed by atoms with Gasteiger partial charge in [-0.3, -0.25) is 9.59 Å². The molecule has 18 heavy (non-hydrogen) atoms. The number of nitrogens with two attached hydrogens (primary N) is 2. The number of carbonyl (C=O) groups is 2. The van der Waals surface area contributed by atoms with Crippen LogP contribution in [0.5, 0.6) is 0 Å². The second kappa shape index (κ2) is 7.36. The van der Waals surface area contributed by atoms with Crippen molar-refractivity contribution in [2.45, 2.75) is 64.0 Å². The summed E-state index contributed by atoms with van der Waals surface area (Å²) >= 11 is 0. The van der Waals surface area contributed by atoms with Gasteiger partial charge in [0.1, 0.15) is 0 Å². The van der Waals surface area contributed by atoms with E-state index in [2.05, 4.69) is 5.32 Å². The summed E-state index contributed by atoms with van der Waals surface area (Å²) in [7, 11) is 0. The van der Waals surface area contributed by atoms with Gasteiger partial charge in [0.2, 0.25) is 11.8 Å². The van der Waals surface area contributed by atoms with E-state index in [1.807, 2.05) is 6.92 Å². The van der Waals surface area contributed by atoms with Crippen molar-refractivity contribution in [3.8, 4) is 0 Å². The van der Waals surface area contributed by atoms with Gasteiger partial charge in [0, 0.05) is 24.4 Å². The van der Waals surface area contributed by atoms with Crippen molar-refractivity contribution in [3.05, 3.63) is 0 Å². The molecule has 0 aromatic heterocycles. The van der Waals surface area contributed by atoms with Crippen LogP contribution in [0.15, 0.2) is 0 Å². The van der Waals surface area contributed by atoms with Crippen LogP contribution in [0.1, 0.15) is 51.9 Å². The fourth-order valence-corrected chi connectivity index (χ4v) is 2.41. The van der Waals surface area contributed by atoms with E-state index in [1.165, 1.54) is 0 Å². The second-order valence-electron chi connectivity index (χ2n) is 5.39. The number of hydrogen-bond acceptors (Lipinski definition) is 3. The minimum Gasteiger partial charge on any atom is -0.369 e. The van der Waals surface area contributed by atoms with E-state index >= 15 is 0 Å². The lowest BCUT2D eigenvalue weighted by Gasteiger charge is -2.27. The molecule has 0 aliphatic heterocycles. The van der Waals surface area contributed by atoms with Crippen LogP contribution in [0.3, 0.4) is 0 Å². The smallest absolute Gasteiger partial charge is 0.220 e. The molecule has 0 aromatic carbocycles. The molecule has 0 aromatic rings. The van der Waals surface area contributed by atoms with Crippen molar-refractivity contribution in [2.24, 2.45) is 17.4 Å². The summed E-state index contributed by atoms with van der Waals surface area (Å²) in [5, 5.41) is 3.02. The first-order valence-electron chi connectivity index (χ1n) is 6.83. The number of carbonyl (C=O) groups excluding carboxylic acids is 2. The van der Waals surface area contributed by atoms with Crippen molar-refractivity contribution in [1.82, 2.24) is 5.32 Å². The molecule has 2 amide bonds. The molecule has 1 rings (SSSR count). The van der Waals surface area contributed by atoms with Gasteiger partial charge in [0.05, 0.1) is 0 Å². The predicted octanol–water partition coefficient (Wildman–Crippen LogP) is 0.664. The summed E-state index contributed by atoms with van der Waals surface area (Å²) in [6.45, 7) is 1.95. The highest BCUT2D eigenvalue weighted by Gasteiger charge is 2.25. The van der Waals surface area contributed by atoms with Crippen LogP contribution in [-0.4, -0.2) is 23.9 Å². The molecule has 104 valence electrons. The van der Waals surface area contributed by atoms with Gasteiger partial charge in [-0.2, -0.15) is 0 Å². The summed E-state index contributed by atoms with van der Waals surface area (Å²) in [6, 6.07) is 0.368. The van der Waals surface area contributed by atoms with Crippen molar-refractivity contribution in [3.63, 3.8) is 0 Å². The zero-order chi connectivity index (χ0) is 13.5. The van der Waals surface area contributed by atoms with E-state index in [1.54, 1.807) is 0 Å².